The molecule has 0 spiro atoms. The molecule has 3 aliphatic rings. The maximum absolute atomic E-state index is 13.2. The summed E-state index contributed by atoms with van der Waals surface area (Å²) in [7, 11) is 3.06. The number of likely N-dealkylation sites (N-methyl/N-ethyl adjacent to an activating group) is 1. The molecule has 0 radical (unpaired) electrons. The lowest BCUT2D eigenvalue weighted by Crippen LogP contribution is -2.65. The zero-order valence-corrected chi connectivity index (χ0v) is 17.5. The van der Waals surface area contributed by atoms with E-state index in [-0.39, 0.29) is 19.1 Å². The number of allylic oxidation sites excluding steroid dienone is 2. The Morgan fingerprint density at radius 3 is 2.32 bits per heavy atom. The van der Waals surface area contributed by atoms with Gasteiger partial charge in [0.25, 0.3) is 5.91 Å². The molecule has 31 heavy (non-hydrogen) atoms. The van der Waals surface area contributed by atoms with Crippen LogP contribution in [0.5, 0.6) is 0 Å². The van der Waals surface area contributed by atoms with Crippen LogP contribution >= 0.6 is 0 Å². The summed E-state index contributed by atoms with van der Waals surface area (Å²) >= 11 is 0. The minimum atomic E-state index is -4.43. The fraction of sp³-hybridized carbons (Fsp3) is 0.450. The van der Waals surface area contributed by atoms with Gasteiger partial charge in [-0.3, -0.25) is 19.5 Å². The number of rotatable bonds is 4. The number of benzene rings is 1. The van der Waals surface area contributed by atoms with Gasteiger partial charge in [0.15, 0.2) is 12.2 Å². The van der Waals surface area contributed by atoms with Crippen molar-refractivity contribution in [3.05, 3.63) is 41.2 Å². The van der Waals surface area contributed by atoms with Crippen molar-refractivity contribution in [2.24, 2.45) is 4.99 Å². The highest BCUT2D eigenvalue weighted by molar-refractivity contribution is 6.10. The molecular formula is C20H22F3N5O3. The molecule has 0 aliphatic carbocycles. The van der Waals surface area contributed by atoms with E-state index in [1.807, 2.05) is 13.8 Å². The van der Waals surface area contributed by atoms with Crippen molar-refractivity contribution in [3.8, 4) is 0 Å². The van der Waals surface area contributed by atoms with Gasteiger partial charge >= 0.3 is 12.2 Å². The lowest BCUT2D eigenvalue weighted by Gasteiger charge is -2.40. The summed E-state index contributed by atoms with van der Waals surface area (Å²) in [5.74, 6) is 0.0247. The van der Waals surface area contributed by atoms with E-state index in [1.54, 1.807) is 16.8 Å². The van der Waals surface area contributed by atoms with E-state index in [0.29, 0.717) is 11.6 Å². The smallest absolute Gasteiger partial charge is 0.383 e. The predicted molar refractivity (Wildman–Crippen MR) is 106 cm³/mol. The van der Waals surface area contributed by atoms with Gasteiger partial charge < -0.3 is 9.64 Å². The number of anilines is 1. The second-order valence-corrected chi connectivity index (χ2v) is 7.58. The van der Waals surface area contributed by atoms with Gasteiger partial charge in [-0.2, -0.15) is 13.2 Å². The fourth-order valence-electron chi connectivity index (χ4n) is 4.11. The van der Waals surface area contributed by atoms with Crippen LogP contribution in [0.15, 0.2) is 40.7 Å². The maximum Gasteiger partial charge on any atom is 0.416 e. The van der Waals surface area contributed by atoms with Crippen molar-refractivity contribution >= 4 is 23.6 Å². The van der Waals surface area contributed by atoms with E-state index in [9.17, 15) is 22.8 Å². The third-order valence-electron chi connectivity index (χ3n) is 5.86. The molecule has 1 aromatic carbocycles. The normalized spacial score (nSPS) is 23.6. The standard InChI is InChI=1S/C20H22F3N5O3/c1-11-12(2)28-15-16(25(3)19(30)26(17(15)29)9-10-31-4)24-18(28)27(11)14-7-5-13(6-8-14)20(21,22)23/h5-8,15-16H,9-10H2,1-4H3. The largest absolute Gasteiger partial charge is 0.416 e. The number of halogens is 3. The Hall–Kier alpha value is -3.08. The summed E-state index contributed by atoms with van der Waals surface area (Å²) in [5.41, 5.74) is 1.23. The number of carbonyl (C=O) groups excluding carboxylic acids is 2. The lowest BCUT2D eigenvalue weighted by molar-refractivity contribution is -0.138. The summed E-state index contributed by atoms with van der Waals surface area (Å²) in [6, 6.07) is 3.55. The zero-order valence-electron chi connectivity index (χ0n) is 17.5. The van der Waals surface area contributed by atoms with E-state index in [2.05, 4.69) is 4.99 Å². The number of fused-ring (bicyclic) bond motifs is 3. The number of alkyl halides is 3. The molecule has 1 aromatic rings. The number of imide groups is 1. The number of hydrogen-bond acceptors (Lipinski definition) is 6. The average Bonchev–Trinajstić information content (AvgIpc) is 3.22. The third kappa shape index (κ3) is 3.14. The van der Waals surface area contributed by atoms with Crippen LogP contribution in [0.25, 0.3) is 0 Å². The first kappa shape index (κ1) is 21.2. The first-order valence-corrected chi connectivity index (χ1v) is 9.67. The highest BCUT2D eigenvalue weighted by Gasteiger charge is 2.55. The van der Waals surface area contributed by atoms with Gasteiger partial charge in [0.1, 0.15) is 0 Å². The van der Waals surface area contributed by atoms with Crippen LogP contribution in [0.4, 0.5) is 23.7 Å². The highest BCUT2D eigenvalue weighted by Crippen LogP contribution is 2.40. The molecule has 1 fully saturated rings. The topological polar surface area (TPSA) is 68.7 Å². The molecule has 166 valence electrons. The highest BCUT2D eigenvalue weighted by atomic mass is 19.4. The first-order chi connectivity index (χ1) is 14.6. The van der Waals surface area contributed by atoms with Crippen molar-refractivity contribution in [2.45, 2.75) is 32.2 Å². The quantitative estimate of drug-likeness (QED) is 0.725. The number of nitrogens with zero attached hydrogens (tertiary/aromatic N) is 5. The van der Waals surface area contributed by atoms with Crippen LogP contribution in [0.1, 0.15) is 19.4 Å². The van der Waals surface area contributed by atoms with Crippen LogP contribution in [0.3, 0.4) is 0 Å². The molecule has 2 unspecified atom stereocenters. The van der Waals surface area contributed by atoms with Gasteiger partial charge in [-0.1, -0.05) is 0 Å². The van der Waals surface area contributed by atoms with E-state index in [4.69, 9.17) is 4.74 Å². The van der Waals surface area contributed by atoms with Crippen molar-refractivity contribution in [2.75, 3.05) is 32.2 Å². The van der Waals surface area contributed by atoms with E-state index < -0.39 is 30.0 Å². The number of hydrogen-bond donors (Lipinski definition) is 0. The molecule has 8 nitrogen and oxygen atoms in total. The number of aliphatic imine (C=N–C) groups is 1. The van der Waals surface area contributed by atoms with Crippen molar-refractivity contribution in [3.63, 3.8) is 0 Å². The van der Waals surface area contributed by atoms with Crippen LogP contribution < -0.4 is 4.90 Å². The molecule has 1 saturated heterocycles. The summed E-state index contributed by atoms with van der Waals surface area (Å²) in [5, 5.41) is 0. The second-order valence-electron chi connectivity index (χ2n) is 7.58. The Bertz CT molecular complexity index is 989. The number of methoxy groups -OCH3 is 1. The Labute approximate surface area is 177 Å². The summed E-state index contributed by atoms with van der Waals surface area (Å²) < 4.78 is 43.9. The SMILES string of the molecule is COCCN1C(=O)C2C(N=C3N(c4ccc(C(F)(F)F)cc4)C(C)=C(C)N32)N(C)C1=O. The minimum absolute atomic E-state index is 0.120. The molecule has 11 heteroatoms. The third-order valence-corrected chi connectivity index (χ3v) is 5.86. The monoisotopic (exact) mass is 437 g/mol. The van der Waals surface area contributed by atoms with E-state index in [1.165, 1.54) is 24.1 Å². The van der Waals surface area contributed by atoms with Gasteiger partial charge in [0.05, 0.1) is 18.7 Å². The molecule has 0 N–H and O–H groups in total. The molecular weight excluding hydrogens is 415 g/mol. The molecule has 3 aliphatic heterocycles. The van der Waals surface area contributed by atoms with Gasteiger partial charge in [0, 0.05) is 31.2 Å². The number of amides is 3. The Morgan fingerprint density at radius 2 is 1.74 bits per heavy atom. The van der Waals surface area contributed by atoms with Crippen LogP contribution in [0.2, 0.25) is 0 Å². The van der Waals surface area contributed by atoms with Crippen LogP contribution in [0, 0.1) is 0 Å². The molecule has 2 atom stereocenters. The van der Waals surface area contributed by atoms with Crippen molar-refractivity contribution < 1.29 is 27.5 Å². The van der Waals surface area contributed by atoms with Crippen LogP contribution in [-0.4, -0.2) is 72.1 Å². The molecule has 0 bridgehead atoms. The van der Waals surface area contributed by atoms with Crippen molar-refractivity contribution in [1.82, 2.24) is 14.7 Å². The number of urea groups is 1. The first-order valence-electron chi connectivity index (χ1n) is 9.67. The van der Waals surface area contributed by atoms with Gasteiger partial charge in [-0.25, -0.2) is 9.79 Å². The zero-order chi connectivity index (χ0) is 22.7. The summed E-state index contributed by atoms with van der Waals surface area (Å²) in [6.45, 7) is 3.96. The Morgan fingerprint density at radius 1 is 1.10 bits per heavy atom. The lowest BCUT2D eigenvalue weighted by atomic mass is 10.1. The fourth-order valence-corrected chi connectivity index (χ4v) is 4.11. The summed E-state index contributed by atoms with van der Waals surface area (Å²) in [6.07, 6.45) is -5.16. The van der Waals surface area contributed by atoms with Crippen molar-refractivity contribution in [1.29, 1.82) is 0 Å². The molecule has 4 rings (SSSR count). The average molecular weight is 437 g/mol. The van der Waals surface area contributed by atoms with E-state index >= 15 is 0 Å². The number of carbonyl (C=O) groups is 2. The minimum Gasteiger partial charge on any atom is -0.383 e. The Balaban J connectivity index is 1.70. The molecule has 0 saturated carbocycles. The predicted octanol–water partition coefficient (Wildman–Crippen LogP) is 2.68. The number of ether oxygens (including phenoxy) is 1. The second kappa shape index (κ2) is 7.26. The van der Waals surface area contributed by atoms with Gasteiger partial charge in [0.2, 0.25) is 5.96 Å². The molecule has 3 heterocycles. The van der Waals surface area contributed by atoms with Crippen LogP contribution in [-0.2, 0) is 15.7 Å². The number of guanidine groups is 1. The Kier molecular flexibility index (Phi) is 4.95. The summed E-state index contributed by atoms with van der Waals surface area (Å²) in [4.78, 5) is 36.5. The van der Waals surface area contributed by atoms with Gasteiger partial charge in [-0.15, -0.1) is 0 Å². The van der Waals surface area contributed by atoms with E-state index in [0.717, 1.165) is 28.4 Å². The maximum atomic E-state index is 13.2. The van der Waals surface area contributed by atoms with Gasteiger partial charge in [-0.05, 0) is 38.1 Å². The molecule has 3 amide bonds. The molecule has 0 aromatic heterocycles.